The van der Waals surface area contributed by atoms with E-state index < -0.39 is 0 Å². The third kappa shape index (κ3) is 3.19. The third-order valence-electron chi connectivity index (χ3n) is 3.46. The Bertz CT molecular complexity index is 230. The molecule has 1 fully saturated rings. The molecule has 2 N–H and O–H groups in total. The minimum absolute atomic E-state index is 0.0141. The lowest BCUT2D eigenvalue weighted by Crippen LogP contribution is -2.46. The maximum absolute atomic E-state index is 11.9. The van der Waals surface area contributed by atoms with E-state index in [0.717, 1.165) is 25.9 Å². The van der Waals surface area contributed by atoms with Gasteiger partial charge in [0.25, 0.3) is 0 Å². The van der Waals surface area contributed by atoms with Crippen molar-refractivity contribution in [2.24, 2.45) is 5.73 Å². The molecule has 1 rings (SSSR count). The van der Waals surface area contributed by atoms with E-state index in [1.807, 2.05) is 21.0 Å². The van der Waals surface area contributed by atoms with Gasteiger partial charge in [0.05, 0.1) is 6.04 Å². The standard InChI is InChI=1S/C12H25N3O/c1-10(12(16)14(2)3)15-9-5-7-11(15)6-4-8-13/h10-11H,4-9,13H2,1-3H3. The van der Waals surface area contributed by atoms with E-state index in [2.05, 4.69) is 4.90 Å². The summed E-state index contributed by atoms with van der Waals surface area (Å²) in [5.41, 5.74) is 5.54. The van der Waals surface area contributed by atoms with Gasteiger partial charge in [-0.1, -0.05) is 0 Å². The van der Waals surface area contributed by atoms with Gasteiger partial charge in [0.15, 0.2) is 0 Å². The second-order valence-corrected chi connectivity index (χ2v) is 4.87. The minimum Gasteiger partial charge on any atom is -0.347 e. The monoisotopic (exact) mass is 227 g/mol. The number of hydrogen-bond donors (Lipinski definition) is 1. The quantitative estimate of drug-likeness (QED) is 0.751. The van der Waals surface area contributed by atoms with Gasteiger partial charge in [-0.2, -0.15) is 0 Å². The number of hydrogen-bond acceptors (Lipinski definition) is 3. The first-order valence-corrected chi connectivity index (χ1v) is 6.25. The van der Waals surface area contributed by atoms with Crippen molar-refractivity contribution in [2.75, 3.05) is 27.2 Å². The van der Waals surface area contributed by atoms with Crippen LogP contribution >= 0.6 is 0 Å². The summed E-state index contributed by atoms with van der Waals surface area (Å²) in [7, 11) is 3.65. The van der Waals surface area contributed by atoms with E-state index in [4.69, 9.17) is 5.73 Å². The number of amides is 1. The van der Waals surface area contributed by atoms with Crippen molar-refractivity contribution in [2.45, 2.75) is 44.7 Å². The lowest BCUT2D eigenvalue weighted by Gasteiger charge is -2.31. The Morgan fingerprint density at radius 1 is 1.56 bits per heavy atom. The molecule has 4 nitrogen and oxygen atoms in total. The first-order valence-electron chi connectivity index (χ1n) is 6.25. The predicted octanol–water partition coefficient (Wildman–Crippen LogP) is 0.666. The van der Waals surface area contributed by atoms with E-state index in [1.165, 1.54) is 12.8 Å². The molecule has 2 unspecified atom stereocenters. The zero-order valence-electron chi connectivity index (χ0n) is 10.8. The van der Waals surface area contributed by atoms with E-state index in [9.17, 15) is 4.79 Å². The molecular formula is C12H25N3O. The van der Waals surface area contributed by atoms with Crippen LogP contribution < -0.4 is 5.73 Å². The molecule has 1 aliphatic heterocycles. The van der Waals surface area contributed by atoms with Gasteiger partial charge in [-0.3, -0.25) is 9.69 Å². The lowest BCUT2D eigenvalue weighted by atomic mass is 10.1. The molecule has 1 aliphatic rings. The van der Waals surface area contributed by atoms with Crippen LogP contribution in [0.2, 0.25) is 0 Å². The Labute approximate surface area is 98.8 Å². The summed E-state index contributed by atoms with van der Waals surface area (Å²) in [6.45, 7) is 3.82. The molecule has 94 valence electrons. The van der Waals surface area contributed by atoms with Crippen LogP contribution in [-0.2, 0) is 4.79 Å². The van der Waals surface area contributed by atoms with Gasteiger partial charge in [-0.15, -0.1) is 0 Å². The molecule has 1 saturated heterocycles. The Kier molecular flexibility index (Phi) is 5.22. The third-order valence-corrected chi connectivity index (χ3v) is 3.46. The predicted molar refractivity (Wildman–Crippen MR) is 66.2 cm³/mol. The second-order valence-electron chi connectivity index (χ2n) is 4.87. The Balaban J connectivity index is 2.53. The maximum atomic E-state index is 11.9. The Hall–Kier alpha value is -0.610. The summed E-state index contributed by atoms with van der Waals surface area (Å²) < 4.78 is 0. The second kappa shape index (κ2) is 6.21. The van der Waals surface area contributed by atoms with Crippen molar-refractivity contribution < 1.29 is 4.79 Å². The summed E-state index contributed by atoms with van der Waals surface area (Å²) in [5.74, 6) is 0.208. The molecule has 0 aromatic rings. The zero-order chi connectivity index (χ0) is 12.1. The van der Waals surface area contributed by atoms with Crippen LogP contribution in [0.25, 0.3) is 0 Å². The number of nitrogens with two attached hydrogens (primary N) is 1. The summed E-state index contributed by atoms with van der Waals surface area (Å²) in [6, 6.07) is 0.572. The van der Waals surface area contributed by atoms with Gasteiger partial charge in [-0.05, 0) is 45.7 Å². The SMILES string of the molecule is CC(C(=O)N(C)C)N1CCCC1CCCN. The Morgan fingerprint density at radius 2 is 2.25 bits per heavy atom. The van der Waals surface area contributed by atoms with Gasteiger partial charge in [-0.25, -0.2) is 0 Å². The van der Waals surface area contributed by atoms with Crippen LogP contribution in [0.3, 0.4) is 0 Å². The lowest BCUT2D eigenvalue weighted by molar-refractivity contribution is -0.134. The number of nitrogens with zero attached hydrogens (tertiary/aromatic N) is 2. The minimum atomic E-state index is 0.0141. The highest BCUT2D eigenvalue weighted by Gasteiger charge is 2.31. The van der Waals surface area contributed by atoms with Crippen molar-refractivity contribution in [3.63, 3.8) is 0 Å². The van der Waals surface area contributed by atoms with Gasteiger partial charge < -0.3 is 10.6 Å². The highest BCUT2D eigenvalue weighted by atomic mass is 16.2. The molecule has 1 amide bonds. The van der Waals surface area contributed by atoms with Crippen LogP contribution in [0, 0.1) is 0 Å². The van der Waals surface area contributed by atoms with Gasteiger partial charge >= 0.3 is 0 Å². The summed E-state index contributed by atoms with van der Waals surface area (Å²) >= 11 is 0. The molecule has 0 saturated carbocycles. The largest absolute Gasteiger partial charge is 0.347 e. The molecule has 0 aliphatic carbocycles. The first-order chi connectivity index (χ1) is 7.57. The van der Waals surface area contributed by atoms with Crippen LogP contribution in [-0.4, -0.2) is 55.0 Å². The van der Waals surface area contributed by atoms with Gasteiger partial charge in [0.1, 0.15) is 0 Å². The van der Waals surface area contributed by atoms with Crippen LogP contribution in [0.4, 0.5) is 0 Å². The van der Waals surface area contributed by atoms with E-state index in [1.54, 1.807) is 4.90 Å². The Morgan fingerprint density at radius 3 is 2.81 bits per heavy atom. The number of carbonyl (C=O) groups is 1. The average molecular weight is 227 g/mol. The molecule has 4 heteroatoms. The van der Waals surface area contributed by atoms with Crippen molar-refractivity contribution >= 4 is 5.91 Å². The summed E-state index contributed by atoms with van der Waals surface area (Å²) in [5, 5.41) is 0. The van der Waals surface area contributed by atoms with Crippen molar-refractivity contribution in [3.8, 4) is 0 Å². The molecule has 2 atom stereocenters. The van der Waals surface area contributed by atoms with Crippen LogP contribution in [0.15, 0.2) is 0 Å². The van der Waals surface area contributed by atoms with E-state index in [-0.39, 0.29) is 11.9 Å². The van der Waals surface area contributed by atoms with E-state index in [0.29, 0.717) is 6.04 Å². The smallest absolute Gasteiger partial charge is 0.239 e. The molecule has 16 heavy (non-hydrogen) atoms. The summed E-state index contributed by atoms with van der Waals surface area (Å²) in [4.78, 5) is 15.9. The van der Waals surface area contributed by atoms with Gasteiger partial charge in [0, 0.05) is 20.1 Å². The fourth-order valence-electron chi connectivity index (χ4n) is 2.55. The molecular weight excluding hydrogens is 202 g/mol. The number of likely N-dealkylation sites (N-methyl/N-ethyl adjacent to an activating group) is 1. The fraction of sp³-hybridized carbons (Fsp3) is 0.917. The summed E-state index contributed by atoms with van der Waals surface area (Å²) in [6.07, 6.45) is 4.61. The highest BCUT2D eigenvalue weighted by molar-refractivity contribution is 5.81. The van der Waals surface area contributed by atoms with Gasteiger partial charge in [0.2, 0.25) is 5.91 Å². The molecule has 0 aromatic carbocycles. The van der Waals surface area contributed by atoms with Crippen molar-refractivity contribution in [1.82, 2.24) is 9.80 Å². The van der Waals surface area contributed by atoms with Crippen LogP contribution in [0.5, 0.6) is 0 Å². The van der Waals surface area contributed by atoms with Crippen molar-refractivity contribution in [1.29, 1.82) is 0 Å². The highest BCUT2D eigenvalue weighted by Crippen LogP contribution is 2.24. The molecule has 1 heterocycles. The first kappa shape index (κ1) is 13.5. The maximum Gasteiger partial charge on any atom is 0.239 e. The molecule has 0 spiro atoms. The fourth-order valence-corrected chi connectivity index (χ4v) is 2.55. The molecule has 0 bridgehead atoms. The number of likely N-dealkylation sites (tertiary alicyclic amines) is 1. The molecule has 0 aromatic heterocycles. The van der Waals surface area contributed by atoms with E-state index >= 15 is 0 Å². The topological polar surface area (TPSA) is 49.6 Å². The normalized spacial score (nSPS) is 23.4. The zero-order valence-corrected chi connectivity index (χ0v) is 10.8. The van der Waals surface area contributed by atoms with Crippen molar-refractivity contribution in [3.05, 3.63) is 0 Å². The molecule has 0 radical (unpaired) electrons. The van der Waals surface area contributed by atoms with Crippen LogP contribution in [0.1, 0.15) is 32.6 Å². The average Bonchev–Trinajstić information content (AvgIpc) is 2.72. The number of rotatable bonds is 5. The number of carbonyl (C=O) groups excluding carboxylic acids is 1.